The predicted molar refractivity (Wildman–Crippen MR) is 106 cm³/mol. The Morgan fingerprint density at radius 1 is 0.607 bits per heavy atom. The zero-order chi connectivity index (χ0) is 20.3. The third-order valence-electron chi connectivity index (χ3n) is 3.81. The molecule has 0 aromatic heterocycles. The lowest BCUT2D eigenvalue weighted by molar-refractivity contribution is -0.123. The summed E-state index contributed by atoms with van der Waals surface area (Å²) >= 11 is 11.6. The molecule has 2 aromatic carbocycles. The van der Waals surface area contributed by atoms with Crippen LogP contribution in [0.15, 0.2) is 81.9 Å². The van der Waals surface area contributed by atoms with Crippen molar-refractivity contribution in [2.24, 2.45) is 0 Å². The van der Waals surface area contributed by atoms with Crippen molar-refractivity contribution >= 4 is 58.0 Å². The van der Waals surface area contributed by atoms with E-state index in [2.05, 4.69) is 10.6 Å². The molecule has 1 aliphatic carbocycles. The first-order chi connectivity index (χ1) is 13.4. The van der Waals surface area contributed by atoms with E-state index < -0.39 is 44.6 Å². The molecular formula is C20H12Cl2N2O4. The number of hydrogen-bond donors (Lipinski definition) is 2. The Balaban J connectivity index is 2.02. The number of rotatable bonds is 4. The largest absolute Gasteiger partial charge is 0.322 e. The maximum atomic E-state index is 12.7. The van der Waals surface area contributed by atoms with E-state index in [1.807, 2.05) is 0 Å². The van der Waals surface area contributed by atoms with Gasteiger partial charge in [-0.15, -0.1) is 0 Å². The molecule has 0 saturated carbocycles. The number of allylic oxidation sites excluding steroid dienone is 2. The van der Waals surface area contributed by atoms with Gasteiger partial charge in [-0.05, 0) is 24.3 Å². The molecule has 1 aliphatic rings. The van der Waals surface area contributed by atoms with Crippen molar-refractivity contribution in [1.82, 2.24) is 0 Å². The molecule has 0 heterocycles. The molecule has 3 rings (SSSR count). The molecule has 0 bridgehead atoms. The third-order valence-corrected chi connectivity index (χ3v) is 4.63. The molecule has 2 aromatic rings. The summed E-state index contributed by atoms with van der Waals surface area (Å²) in [5, 5.41) is 3.72. The smallest absolute Gasteiger partial charge is 0.260 e. The van der Waals surface area contributed by atoms with Crippen molar-refractivity contribution in [3.63, 3.8) is 0 Å². The molecule has 0 aliphatic heterocycles. The van der Waals surface area contributed by atoms with Gasteiger partial charge in [-0.25, -0.2) is 0 Å². The van der Waals surface area contributed by atoms with Crippen molar-refractivity contribution in [3.05, 3.63) is 81.9 Å². The van der Waals surface area contributed by atoms with E-state index in [4.69, 9.17) is 23.2 Å². The number of anilines is 2. The molecule has 0 spiro atoms. The van der Waals surface area contributed by atoms with Crippen LogP contribution < -0.4 is 10.6 Å². The van der Waals surface area contributed by atoms with E-state index in [9.17, 15) is 19.2 Å². The number of benzene rings is 2. The van der Waals surface area contributed by atoms with Gasteiger partial charge in [-0.1, -0.05) is 59.6 Å². The normalized spacial score (nSPS) is 14.2. The molecule has 0 unspecified atom stereocenters. The molecule has 2 N–H and O–H groups in total. The average Bonchev–Trinajstić information content (AvgIpc) is 2.70. The molecule has 6 nitrogen and oxygen atoms in total. The highest BCUT2D eigenvalue weighted by Crippen LogP contribution is 2.31. The Kier molecular flexibility index (Phi) is 5.73. The zero-order valence-electron chi connectivity index (χ0n) is 14.2. The van der Waals surface area contributed by atoms with Crippen molar-refractivity contribution in [2.45, 2.75) is 0 Å². The second-order valence-electron chi connectivity index (χ2n) is 5.68. The summed E-state index contributed by atoms with van der Waals surface area (Å²) < 4.78 is 0. The summed E-state index contributed by atoms with van der Waals surface area (Å²) in [5.41, 5.74) is -0.590. The SMILES string of the molecule is O=C(Nc1ccccc1)C1=C(C(=O)Nc2ccccc2)C(=O)C(Cl)=C(Cl)C1=O. The van der Waals surface area contributed by atoms with Gasteiger partial charge >= 0.3 is 0 Å². The molecule has 0 fully saturated rings. The van der Waals surface area contributed by atoms with Crippen molar-refractivity contribution in [1.29, 1.82) is 0 Å². The Bertz CT molecular complexity index is 961. The number of nitrogens with one attached hydrogen (secondary N) is 2. The zero-order valence-corrected chi connectivity index (χ0v) is 15.7. The highest BCUT2D eigenvalue weighted by Gasteiger charge is 2.40. The second kappa shape index (κ2) is 8.21. The highest BCUT2D eigenvalue weighted by molar-refractivity contribution is 6.63. The van der Waals surface area contributed by atoms with Crippen molar-refractivity contribution in [2.75, 3.05) is 10.6 Å². The molecular weight excluding hydrogens is 403 g/mol. The summed E-state index contributed by atoms with van der Waals surface area (Å²) in [5.74, 6) is -3.88. The van der Waals surface area contributed by atoms with Gasteiger partial charge in [0.25, 0.3) is 11.8 Å². The number of halogens is 2. The van der Waals surface area contributed by atoms with E-state index in [1.54, 1.807) is 60.7 Å². The highest BCUT2D eigenvalue weighted by atomic mass is 35.5. The Hall–Kier alpha value is -3.22. The van der Waals surface area contributed by atoms with Gasteiger partial charge in [-0.2, -0.15) is 0 Å². The van der Waals surface area contributed by atoms with Gasteiger partial charge in [0.1, 0.15) is 21.2 Å². The first-order valence-corrected chi connectivity index (χ1v) is 8.77. The minimum absolute atomic E-state index is 0.375. The van der Waals surface area contributed by atoms with Gasteiger partial charge in [0.15, 0.2) is 0 Å². The number of carbonyl (C=O) groups excluding carboxylic acids is 4. The van der Waals surface area contributed by atoms with Crippen LogP contribution >= 0.6 is 23.2 Å². The van der Waals surface area contributed by atoms with Gasteiger partial charge in [0.05, 0.1) is 0 Å². The molecule has 28 heavy (non-hydrogen) atoms. The van der Waals surface area contributed by atoms with E-state index in [0.717, 1.165) is 0 Å². The maximum absolute atomic E-state index is 12.7. The van der Waals surface area contributed by atoms with Crippen molar-refractivity contribution < 1.29 is 19.2 Å². The van der Waals surface area contributed by atoms with Crippen LogP contribution in [-0.4, -0.2) is 23.4 Å². The summed E-state index contributed by atoms with van der Waals surface area (Å²) in [6, 6.07) is 16.5. The number of hydrogen-bond acceptors (Lipinski definition) is 4. The number of carbonyl (C=O) groups is 4. The van der Waals surface area contributed by atoms with E-state index in [-0.39, 0.29) is 0 Å². The maximum Gasteiger partial charge on any atom is 0.260 e. The number of amides is 2. The van der Waals surface area contributed by atoms with Gasteiger partial charge in [0.2, 0.25) is 11.6 Å². The lowest BCUT2D eigenvalue weighted by Crippen LogP contribution is -2.34. The fourth-order valence-corrected chi connectivity index (χ4v) is 2.87. The Morgan fingerprint density at radius 2 is 0.929 bits per heavy atom. The monoisotopic (exact) mass is 414 g/mol. The lowest BCUT2D eigenvalue weighted by Gasteiger charge is -2.18. The first-order valence-electron chi connectivity index (χ1n) is 8.02. The van der Waals surface area contributed by atoms with Gasteiger partial charge < -0.3 is 10.6 Å². The molecule has 0 saturated heterocycles. The number of Topliss-reactive ketones (excluding diaryl/α,β-unsaturated/α-hetero) is 2. The lowest BCUT2D eigenvalue weighted by atomic mass is 9.92. The average molecular weight is 415 g/mol. The molecule has 140 valence electrons. The fourth-order valence-electron chi connectivity index (χ4n) is 2.51. The van der Waals surface area contributed by atoms with Crippen LogP contribution in [-0.2, 0) is 19.2 Å². The minimum Gasteiger partial charge on any atom is -0.322 e. The predicted octanol–water partition coefficient (Wildman–Crippen LogP) is 3.40. The summed E-state index contributed by atoms with van der Waals surface area (Å²) in [6.07, 6.45) is 0. The quantitative estimate of drug-likeness (QED) is 0.592. The summed E-state index contributed by atoms with van der Waals surface area (Å²) in [6.45, 7) is 0. The number of ketones is 2. The minimum atomic E-state index is -1.00. The number of para-hydroxylation sites is 2. The third kappa shape index (κ3) is 3.88. The standard InChI is InChI=1S/C20H12Cl2N2O4/c21-15-16(22)18(26)14(20(28)24-12-9-5-2-6-10-12)13(17(15)25)19(27)23-11-7-3-1-4-8-11/h1-10H,(H,23,27)(H,24,28). The molecule has 2 amide bonds. The molecule has 0 radical (unpaired) electrons. The van der Waals surface area contributed by atoms with E-state index >= 15 is 0 Å². The van der Waals surface area contributed by atoms with Gasteiger partial charge in [0, 0.05) is 11.4 Å². The Labute approximate surface area is 169 Å². The topological polar surface area (TPSA) is 92.3 Å². The molecule has 8 heteroatoms. The van der Waals surface area contributed by atoms with Crippen molar-refractivity contribution in [3.8, 4) is 0 Å². The van der Waals surface area contributed by atoms with E-state index in [0.29, 0.717) is 11.4 Å². The van der Waals surface area contributed by atoms with Crippen LogP contribution in [0.25, 0.3) is 0 Å². The Morgan fingerprint density at radius 3 is 1.25 bits per heavy atom. The van der Waals surface area contributed by atoms with Crippen LogP contribution in [0.3, 0.4) is 0 Å². The van der Waals surface area contributed by atoms with Crippen LogP contribution in [0.2, 0.25) is 0 Å². The molecule has 0 atom stereocenters. The van der Waals surface area contributed by atoms with E-state index in [1.165, 1.54) is 0 Å². The first kappa shape index (κ1) is 19.5. The summed E-state index contributed by atoms with van der Waals surface area (Å²) in [7, 11) is 0. The van der Waals surface area contributed by atoms with Gasteiger partial charge in [-0.3, -0.25) is 19.2 Å². The van der Waals surface area contributed by atoms with Crippen LogP contribution in [0.4, 0.5) is 11.4 Å². The fraction of sp³-hybridized carbons (Fsp3) is 0. The van der Waals surface area contributed by atoms with Crippen LogP contribution in [0.5, 0.6) is 0 Å². The van der Waals surface area contributed by atoms with Crippen LogP contribution in [0, 0.1) is 0 Å². The second-order valence-corrected chi connectivity index (χ2v) is 6.43. The summed E-state index contributed by atoms with van der Waals surface area (Å²) in [4.78, 5) is 50.5. The van der Waals surface area contributed by atoms with Crippen LogP contribution in [0.1, 0.15) is 0 Å².